The summed E-state index contributed by atoms with van der Waals surface area (Å²) in [6, 6.07) is 0. The molecule has 0 fully saturated rings. The number of aromatic nitrogens is 5. The van der Waals surface area contributed by atoms with Crippen LogP contribution in [0.2, 0.25) is 0 Å². The van der Waals surface area contributed by atoms with E-state index in [1.807, 2.05) is 6.92 Å². The summed E-state index contributed by atoms with van der Waals surface area (Å²) in [7, 11) is 1.69. The number of hydrogen-bond donors (Lipinski definition) is 2. The van der Waals surface area contributed by atoms with Crippen molar-refractivity contribution in [3.8, 4) is 0 Å². The van der Waals surface area contributed by atoms with Crippen LogP contribution in [0, 0.1) is 0 Å². The lowest BCUT2D eigenvalue weighted by atomic mass is 10.3. The van der Waals surface area contributed by atoms with Crippen molar-refractivity contribution in [2.45, 2.75) is 19.9 Å². The predicted molar refractivity (Wildman–Crippen MR) is 67.8 cm³/mol. The van der Waals surface area contributed by atoms with Crippen molar-refractivity contribution in [3.05, 3.63) is 28.0 Å². The van der Waals surface area contributed by atoms with Crippen LogP contribution >= 0.6 is 15.9 Å². The number of carbonyl (C=O) groups is 1. The van der Waals surface area contributed by atoms with Crippen molar-refractivity contribution in [3.63, 3.8) is 0 Å². The minimum atomic E-state index is -0.172. The van der Waals surface area contributed by atoms with Gasteiger partial charge < -0.3 is 4.90 Å². The normalized spacial score (nSPS) is 10.6. The summed E-state index contributed by atoms with van der Waals surface area (Å²) < 4.78 is 0.722. The summed E-state index contributed by atoms with van der Waals surface area (Å²) >= 11 is 3.38. The van der Waals surface area contributed by atoms with Crippen molar-refractivity contribution in [1.82, 2.24) is 30.3 Å². The van der Waals surface area contributed by atoms with Gasteiger partial charge in [0.1, 0.15) is 12.2 Å². The third-order valence-corrected chi connectivity index (χ3v) is 3.38. The van der Waals surface area contributed by atoms with Crippen LogP contribution in [0.5, 0.6) is 0 Å². The first kappa shape index (κ1) is 12.7. The van der Waals surface area contributed by atoms with Crippen LogP contribution in [0.25, 0.3) is 0 Å². The summed E-state index contributed by atoms with van der Waals surface area (Å²) in [6.45, 7) is 2.35. The molecular weight excluding hydrogens is 300 g/mol. The number of halogens is 1. The molecule has 0 aromatic carbocycles. The van der Waals surface area contributed by atoms with E-state index in [2.05, 4.69) is 41.3 Å². The Hall–Kier alpha value is -1.70. The van der Waals surface area contributed by atoms with Gasteiger partial charge in [-0.25, -0.2) is 4.98 Å². The Kier molecular flexibility index (Phi) is 3.75. The molecule has 0 saturated carbocycles. The number of H-pyrrole nitrogens is 2. The fourth-order valence-electron chi connectivity index (χ4n) is 1.52. The molecular formula is C10H13BrN6O. The molecule has 0 aliphatic rings. The molecule has 2 aromatic heterocycles. The van der Waals surface area contributed by atoms with Crippen molar-refractivity contribution in [1.29, 1.82) is 0 Å². The highest BCUT2D eigenvalue weighted by atomic mass is 79.9. The Balaban J connectivity index is 2.13. The zero-order valence-corrected chi connectivity index (χ0v) is 11.7. The quantitative estimate of drug-likeness (QED) is 0.885. The first-order valence-corrected chi connectivity index (χ1v) is 6.25. The van der Waals surface area contributed by atoms with E-state index in [9.17, 15) is 4.79 Å². The molecule has 7 nitrogen and oxygen atoms in total. The van der Waals surface area contributed by atoms with Crippen LogP contribution in [0.1, 0.15) is 28.9 Å². The van der Waals surface area contributed by atoms with Gasteiger partial charge in [-0.1, -0.05) is 6.92 Å². The monoisotopic (exact) mass is 312 g/mol. The number of aryl methyl sites for hydroxylation is 1. The van der Waals surface area contributed by atoms with E-state index in [1.54, 1.807) is 7.05 Å². The maximum atomic E-state index is 12.2. The maximum Gasteiger partial charge on any atom is 0.275 e. The van der Waals surface area contributed by atoms with E-state index < -0.39 is 0 Å². The van der Waals surface area contributed by atoms with Gasteiger partial charge in [-0.3, -0.25) is 15.0 Å². The van der Waals surface area contributed by atoms with Gasteiger partial charge in [0, 0.05) is 12.7 Å². The summed E-state index contributed by atoms with van der Waals surface area (Å²) in [4.78, 5) is 17.7. The van der Waals surface area contributed by atoms with Crippen LogP contribution in [0.3, 0.4) is 0 Å². The molecule has 18 heavy (non-hydrogen) atoms. The summed E-state index contributed by atoms with van der Waals surface area (Å²) in [5.74, 6) is 0.461. The minimum absolute atomic E-state index is 0.172. The number of carbonyl (C=O) groups excluding carboxylic acids is 1. The third-order valence-electron chi connectivity index (χ3n) is 2.53. The minimum Gasteiger partial charge on any atom is -0.333 e. The molecule has 2 aromatic rings. The standard InChI is InChI=1S/C10H13BrN6O/c1-3-6-8(11)9(16-14-6)10(18)17(2)4-7-12-5-13-15-7/h5H,3-4H2,1-2H3,(H,14,16)(H,12,13,15). The molecule has 0 aliphatic carbocycles. The highest BCUT2D eigenvalue weighted by molar-refractivity contribution is 9.10. The number of amides is 1. The number of rotatable bonds is 4. The van der Waals surface area contributed by atoms with Gasteiger partial charge in [0.05, 0.1) is 11.0 Å². The molecule has 0 aliphatic heterocycles. The lowest BCUT2D eigenvalue weighted by molar-refractivity contribution is 0.0775. The van der Waals surface area contributed by atoms with Gasteiger partial charge in [0.15, 0.2) is 5.69 Å². The second-order valence-corrected chi connectivity index (χ2v) is 4.60. The first-order chi connectivity index (χ1) is 8.63. The van der Waals surface area contributed by atoms with Crippen molar-refractivity contribution < 1.29 is 4.79 Å². The molecule has 96 valence electrons. The predicted octanol–water partition coefficient (Wildman–Crippen LogP) is 1.12. The van der Waals surface area contributed by atoms with Crippen molar-refractivity contribution >= 4 is 21.8 Å². The average molecular weight is 313 g/mol. The molecule has 0 saturated heterocycles. The number of nitrogens with zero attached hydrogens (tertiary/aromatic N) is 4. The first-order valence-electron chi connectivity index (χ1n) is 5.46. The number of nitrogens with one attached hydrogen (secondary N) is 2. The van der Waals surface area contributed by atoms with Gasteiger partial charge in [0.2, 0.25) is 0 Å². The Morgan fingerprint density at radius 1 is 1.50 bits per heavy atom. The molecule has 0 atom stereocenters. The van der Waals surface area contributed by atoms with Crippen LogP contribution in [-0.2, 0) is 13.0 Å². The molecule has 0 bridgehead atoms. The summed E-state index contributed by atoms with van der Waals surface area (Å²) in [6.07, 6.45) is 2.19. The van der Waals surface area contributed by atoms with Crippen LogP contribution in [0.15, 0.2) is 10.8 Å². The fourth-order valence-corrected chi connectivity index (χ4v) is 2.15. The Bertz CT molecular complexity index is 535. The Morgan fingerprint density at radius 2 is 2.28 bits per heavy atom. The Labute approximate surface area is 112 Å². The molecule has 8 heteroatoms. The Morgan fingerprint density at radius 3 is 2.83 bits per heavy atom. The maximum absolute atomic E-state index is 12.2. The van der Waals surface area contributed by atoms with E-state index in [-0.39, 0.29) is 5.91 Å². The zero-order valence-electron chi connectivity index (χ0n) is 10.1. The third kappa shape index (κ3) is 2.42. The van der Waals surface area contributed by atoms with Crippen LogP contribution in [0.4, 0.5) is 0 Å². The topological polar surface area (TPSA) is 90.6 Å². The van der Waals surface area contributed by atoms with Crippen molar-refractivity contribution in [2.75, 3.05) is 7.05 Å². The second-order valence-electron chi connectivity index (χ2n) is 3.81. The zero-order chi connectivity index (χ0) is 13.1. The fraction of sp³-hybridized carbons (Fsp3) is 0.400. The number of aromatic amines is 2. The molecule has 2 rings (SSSR count). The highest BCUT2D eigenvalue weighted by Gasteiger charge is 2.20. The molecule has 2 heterocycles. The average Bonchev–Trinajstić information content (AvgIpc) is 2.97. The molecule has 1 amide bonds. The molecule has 0 spiro atoms. The van der Waals surface area contributed by atoms with E-state index in [0.29, 0.717) is 18.1 Å². The largest absolute Gasteiger partial charge is 0.333 e. The van der Waals surface area contributed by atoms with E-state index in [0.717, 1.165) is 16.6 Å². The van der Waals surface area contributed by atoms with Gasteiger partial charge in [-0.15, -0.1) is 0 Å². The second kappa shape index (κ2) is 5.30. The summed E-state index contributed by atoms with van der Waals surface area (Å²) in [5, 5.41) is 13.3. The SMILES string of the molecule is CCc1[nH]nc(C(=O)N(C)Cc2ncn[nH]2)c1Br. The number of hydrogen-bond acceptors (Lipinski definition) is 4. The van der Waals surface area contributed by atoms with Gasteiger partial charge >= 0.3 is 0 Å². The molecule has 0 radical (unpaired) electrons. The van der Waals surface area contributed by atoms with Crippen LogP contribution < -0.4 is 0 Å². The molecule has 2 N–H and O–H groups in total. The van der Waals surface area contributed by atoms with Crippen LogP contribution in [-0.4, -0.2) is 43.2 Å². The van der Waals surface area contributed by atoms with Crippen molar-refractivity contribution in [2.24, 2.45) is 0 Å². The molecule has 0 unspecified atom stereocenters. The highest BCUT2D eigenvalue weighted by Crippen LogP contribution is 2.20. The van der Waals surface area contributed by atoms with E-state index in [4.69, 9.17) is 0 Å². The smallest absolute Gasteiger partial charge is 0.275 e. The summed E-state index contributed by atoms with van der Waals surface area (Å²) in [5.41, 5.74) is 1.29. The lowest BCUT2D eigenvalue weighted by Gasteiger charge is -2.14. The van der Waals surface area contributed by atoms with E-state index in [1.165, 1.54) is 11.2 Å². The van der Waals surface area contributed by atoms with E-state index >= 15 is 0 Å². The lowest BCUT2D eigenvalue weighted by Crippen LogP contribution is -2.27. The van der Waals surface area contributed by atoms with Gasteiger partial charge in [-0.05, 0) is 22.4 Å². The van der Waals surface area contributed by atoms with Gasteiger partial charge in [-0.2, -0.15) is 10.2 Å². The van der Waals surface area contributed by atoms with Gasteiger partial charge in [0.25, 0.3) is 5.91 Å².